The molecule has 0 amide bonds. The molecule has 2 rings (SSSR count). The summed E-state index contributed by atoms with van der Waals surface area (Å²) in [4.78, 5) is 0. The van der Waals surface area contributed by atoms with Crippen molar-refractivity contribution in [2.24, 2.45) is 0 Å². The predicted molar refractivity (Wildman–Crippen MR) is 67.6 cm³/mol. The predicted octanol–water partition coefficient (Wildman–Crippen LogP) is 0.308. The first-order chi connectivity index (χ1) is 8.60. The van der Waals surface area contributed by atoms with Crippen LogP contribution < -0.4 is 5.32 Å². The van der Waals surface area contributed by atoms with Gasteiger partial charge in [-0.3, -0.25) is 0 Å². The van der Waals surface area contributed by atoms with Crippen molar-refractivity contribution in [2.75, 3.05) is 26.9 Å². The van der Waals surface area contributed by atoms with Crippen LogP contribution in [0.5, 0.6) is 0 Å². The van der Waals surface area contributed by atoms with E-state index >= 15 is 0 Å². The minimum absolute atomic E-state index is 0.0891. The van der Waals surface area contributed by atoms with Crippen molar-refractivity contribution in [1.29, 1.82) is 0 Å². The molecule has 106 valence electrons. The summed E-state index contributed by atoms with van der Waals surface area (Å²) in [5, 5.41) is 13.8. The van der Waals surface area contributed by atoms with E-state index in [0.717, 1.165) is 6.42 Å². The maximum Gasteiger partial charge on any atom is 0.105 e. The van der Waals surface area contributed by atoms with E-state index in [1.165, 1.54) is 0 Å². The third-order valence-electron chi connectivity index (χ3n) is 4.23. The molecule has 0 aromatic carbocycles. The third-order valence-corrected chi connectivity index (χ3v) is 4.23. The van der Waals surface area contributed by atoms with Crippen molar-refractivity contribution < 1.29 is 19.3 Å². The van der Waals surface area contributed by atoms with Crippen molar-refractivity contribution in [3.63, 3.8) is 0 Å². The second-order valence-electron chi connectivity index (χ2n) is 5.28. The summed E-state index contributed by atoms with van der Waals surface area (Å²) >= 11 is 0. The van der Waals surface area contributed by atoms with E-state index in [0.29, 0.717) is 26.2 Å². The summed E-state index contributed by atoms with van der Waals surface area (Å²) in [6.45, 7) is 5.82. The molecule has 18 heavy (non-hydrogen) atoms. The number of rotatable bonds is 6. The summed E-state index contributed by atoms with van der Waals surface area (Å²) in [7, 11) is 1.71. The molecule has 2 fully saturated rings. The first-order valence-corrected chi connectivity index (χ1v) is 6.82. The summed E-state index contributed by atoms with van der Waals surface area (Å²) < 4.78 is 16.4. The number of hydrogen-bond acceptors (Lipinski definition) is 5. The average molecular weight is 259 g/mol. The molecule has 0 radical (unpaired) electrons. The van der Waals surface area contributed by atoms with Gasteiger partial charge in [-0.05, 0) is 20.3 Å². The molecule has 5 atom stereocenters. The Bertz CT molecular complexity index is 276. The Morgan fingerprint density at radius 1 is 1.50 bits per heavy atom. The van der Waals surface area contributed by atoms with Gasteiger partial charge in [0.1, 0.15) is 5.60 Å². The van der Waals surface area contributed by atoms with Crippen LogP contribution in [0.25, 0.3) is 0 Å². The SMILES string of the molecule is CCOC1CC(NCC2(O)CCOC2C)C1OC. The van der Waals surface area contributed by atoms with Gasteiger partial charge in [0.2, 0.25) is 0 Å². The highest BCUT2D eigenvalue weighted by Crippen LogP contribution is 2.29. The Morgan fingerprint density at radius 3 is 2.83 bits per heavy atom. The normalized spacial score (nSPS) is 44.0. The van der Waals surface area contributed by atoms with Crippen molar-refractivity contribution in [3.05, 3.63) is 0 Å². The molecule has 0 spiro atoms. The van der Waals surface area contributed by atoms with E-state index in [4.69, 9.17) is 14.2 Å². The standard InChI is InChI=1S/C13H25NO4/c1-4-17-11-7-10(12(11)16-3)14-8-13(15)5-6-18-9(13)2/h9-12,14-15H,4-8H2,1-3H3. The Labute approximate surface area is 109 Å². The first kappa shape index (κ1) is 14.2. The molecule has 5 nitrogen and oxygen atoms in total. The average Bonchev–Trinajstić information content (AvgIpc) is 2.64. The minimum Gasteiger partial charge on any atom is -0.386 e. The van der Waals surface area contributed by atoms with Crippen LogP contribution in [0.15, 0.2) is 0 Å². The van der Waals surface area contributed by atoms with Crippen LogP contribution in [-0.2, 0) is 14.2 Å². The van der Waals surface area contributed by atoms with Gasteiger partial charge in [0.05, 0.1) is 18.3 Å². The highest BCUT2D eigenvalue weighted by atomic mass is 16.5. The molecule has 1 aliphatic heterocycles. The van der Waals surface area contributed by atoms with E-state index in [-0.39, 0.29) is 24.4 Å². The Hall–Kier alpha value is -0.200. The molecule has 1 heterocycles. The van der Waals surface area contributed by atoms with Crippen LogP contribution in [-0.4, -0.2) is 61.9 Å². The number of methoxy groups -OCH3 is 1. The molecule has 2 N–H and O–H groups in total. The molecule has 0 aromatic rings. The summed E-state index contributed by atoms with van der Waals surface area (Å²) in [5.74, 6) is 0. The lowest BCUT2D eigenvalue weighted by Gasteiger charge is -2.44. The lowest BCUT2D eigenvalue weighted by atomic mass is 9.84. The summed E-state index contributed by atoms with van der Waals surface area (Å²) in [5.41, 5.74) is -0.741. The van der Waals surface area contributed by atoms with Gasteiger partial charge in [0.25, 0.3) is 0 Å². The summed E-state index contributed by atoms with van der Waals surface area (Å²) in [6.07, 6.45) is 1.81. The molecular weight excluding hydrogens is 234 g/mol. The zero-order valence-electron chi connectivity index (χ0n) is 11.5. The van der Waals surface area contributed by atoms with Crippen LogP contribution in [0.1, 0.15) is 26.7 Å². The lowest BCUT2D eigenvalue weighted by molar-refractivity contribution is -0.135. The monoisotopic (exact) mass is 259 g/mol. The van der Waals surface area contributed by atoms with Crippen LogP contribution >= 0.6 is 0 Å². The maximum absolute atomic E-state index is 10.4. The molecular formula is C13H25NO4. The first-order valence-electron chi connectivity index (χ1n) is 6.82. The van der Waals surface area contributed by atoms with E-state index in [1.54, 1.807) is 7.11 Å². The largest absolute Gasteiger partial charge is 0.386 e. The number of nitrogens with one attached hydrogen (secondary N) is 1. The second-order valence-corrected chi connectivity index (χ2v) is 5.28. The Balaban J connectivity index is 1.77. The fourth-order valence-corrected chi connectivity index (χ4v) is 2.79. The van der Waals surface area contributed by atoms with Gasteiger partial charge in [-0.1, -0.05) is 0 Å². The Kier molecular flexibility index (Phi) is 4.61. The van der Waals surface area contributed by atoms with Crippen molar-refractivity contribution >= 4 is 0 Å². The molecule has 2 aliphatic rings. The van der Waals surface area contributed by atoms with Crippen LogP contribution in [0.2, 0.25) is 0 Å². The van der Waals surface area contributed by atoms with Gasteiger partial charge in [0.15, 0.2) is 0 Å². The molecule has 0 aromatic heterocycles. The molecule has 0 bridgehead atoms. The number of aliphatic hydroxyl groups is 1. The number of hydrogen-bond donors (Lipinski definition) is 2. The molecule has 1 saturated carbocycles. The summed E-state index contributed by atoms with van der Waals surface area (Å²) in [6, 6.07) is 0.267. The highest BCUT2D eigenvalue weighted by Gasteiger charge is 2.45. The highest BCUT2D eigenvalue weighted by molar-refractivity contribution is 5.00. The fraction of sp³-hybridized carbons (Fsp3) is 1.00. The van der Waals surface area contributed by atoms with Crippen molar-refractivity contribution in [1.82, 2.24) is 5.32 Å². The van der Waals surface area contributed by atoms with E-state index in [2.05, 4.69) is 5.32 Å². The lowest BCUT2D eigenvalue weighted by Crippen LogP contribution is -2.62. The van der Waals surface area contributed by atoms with Crippen molar-refractivity contribution in [2.45, 2.75) is 56.6 Å². The van der Waals surface area contributed by atoms with Crippen LogP contribution in [0.4, 0.5) is 0 Å². The van der Waals surface area contributed by atoms with Gasteiger partial charge in [-0.2, -0.15) is 0 Å². The molecule has 5 heteroatoms. The van der Waals surface area contributed by atoms with Gasteiger partial charge < -0.3 is 24.6 Å². The maximum atomic E-state index is 10.4. The van der Waals surface area contributed by atoms with E-state index in [9.17, 15) is 5.11 Å². The second kappa shape index (κ2) is 5.84. The van der Waals surface area contributed by atoms with Crippen LogP contribution in [0, 0.1) is 0 Å². The van der Waals surface area contributed by atoms with Gasteiger partial charge in [-0.25, -0.2) is 0 Å². The van der Waals surface area contributed by atoms with E-state index < -0.39 is 5.60 Å². The third kappa shape index (κ3) is 2.70. The van der Waals surface area contributed by atoms with Crippen LogP contribution in [0.3, 0.4) is 0 Å². The minimum atomic E-state index is -0.741. The van der Waals surface area contributed by atoms with Gasteiger partial charge >= 0.3 is 0 Å². The molecule has 5 unspecified atom stereocenters. The fourth-order valence-electron chi connectivity index (χ4n) is 2.79. The van der Waals surface area contributed by atoms with E-state index in [1.807, 2.05) is 13.8 Å². The Morgan fingerprint density at radius 2 is 2.28 bits per heavy atom. The quantitative estimate of drug-likeness (QED) is 0.719. The number of ether oxygens (including phenoxy) is 3. The zero-order valence-corrected chi connectivity index (χ0v) is 11.5. The zero-order chi connectivity index (χ0) is 13.2. The van der Waals surface area contributed by atoms with Crippen molar-refractivity contribution in [3.8, 4) is 0 Å². The molecule has 1 aliphatic carbocycles. The topological polar surface area (TPSA) is 60.0 Å². The smallest absolute Gasteiger partial charge is 0.105 e. The molecule has 1 saturated heterocycles. The van der Waals surface area contributed by atoms with Gasteiger partial charge in [0, 0.05) is 39.3 Å². The van der Waals surface area contributed by atoms with Gasteiger partial charge in [-0.15, -0.1) is 0 Å².